The highest BCUT2D eigenvalue weighted by molar-refractivity contribution is 9.10. The minimum absolute atomic E-state index is 0.139. The second kappa shape index (κ2) is 2.41. The van der Waals surface area contributed by atoms with E-state index in [0.717, 1.165) is 15.9 Å². The Bertz CT molecular complexity index is 1050. The molecular formula is C16H11BrN4O2. The molecule has 0 aromatic carbocycles. The number of nitrogens with zero attached hydrogens (tertiary/aromatic N) is 3. The van der Waals surface area contributed by atoms with Gasteiger partial charge in [0.25, 0.3) is 0 Å². The number of fused-ring (bicyclic) bond motifs is 11. The summed E-state index contributed by atoms with van der Waals surface area (Å²) in [6.07, 6.45) is 3.67. The maximum atomic E-state index is 11.9. The average molecular weight is 371 g/mol. The van der Waals surface area contributed by atoms with Gasteiger partial charge in [0.15, 0.2) is 5.82 Å². The number of anilines is 1. The van der Waals surface area contributed by atoms with Gasteiger partial charge in [0.05, 0.1) is 5.41 Å². The molecule has 7 heteroatoms. The van der Waals surface area contributed by atoms with Crippen LogP contribution >= 0.6 is 15.9 Å². The zero-order valence-corrected chi connectivity index (χ0v) is 13.4. The molecule has 5 saturated carbocycles. The van der Waals surface area contributed by atoms with Crippen LogP contribution in [0.25, 0.3) is 5.52 Å². The minimum atomic E-state index is -0.519. The SMILES string of the molecule is Nc1nccn2c(C34C5C6C3C37C5C4C3C67C(=O)O)nc(Br)c12. The van der Waals surface area contributed by atoms with E-state index in [2.05, 4.69) is 25.3 Å². The zero-order chi connectivity index (χ0) is 15.3. The highest BCUT2D eigenvalue weighted by Gasteiger charge is 3.24. The third kappa shape index (κ3) is 0.554. The van der Waals surface area contributed by atoms with Gasteiger partial charge in [-0.3, -0.25) is 9.20 Å². The lowest BCUT2D eigenvalue weighted by Gasteiger charge is -2.72. The number of hydrogen-bond donors (Lipinski definition) is 2. The zero-order valence-electron chi connectivity index (χ0n) is 11.8. The fourth-order valence-corrected chi connectivity index (χ4v) is 9.92. The predicted molar refractivity (Wildman–Crippen MR) is 80.2 cm³/mol. The van der Waals surface area contributed by atoms with E-state index < -0.39 is 5.97 Å². The Morgan fingerprint density at radius 2 is 2.13 bits per heavy atom. The van der Waals surface area contributed by atoms with Crippen LogP contribution in [0.15, 0.2) is 17.0 Å². The molecule has 6 nitrogen and oxygen atoms in total. The monoisotopic (exact) mass is 370 g/mol. The fraction of sp³-hybridized carbons (Fsp3) is 0.562. The quantitative estimate of drug-likeness (QED) is 0.773. The second-order valence-corrected chi connectivity index (χ2v) is 9.11. The highest BCUT2D eigenvalue weighted by Crippen LogP contribution is 3.22. The molecule has 0 radical (unpaired) electrons. The van der Waals surface area contributed by atoms with Gasteiger partial charge in [-0.2, -0.15) is 0 Å². The number of rotatable bonds is 2. The van der Waals surface area contributed by atoms with Gasteiger partial charge in [-0.15, -0.1) is 0 Å². The first-order valence-corrected chi connectivity index (χ1v) is 8.89. The molecule has 2 aromatic rings. The van der Waals surface area contributed by atoms with Crippen molar-refractivity contribution < 1.29 is 9.90 Å². The molecule has 0 amide bonds. The van der Waals surface area contributed by atoms with Crippen LogP contribution in [0.2, 0.25) is 0 Å². The molecule has 7 rings (SSSR count). The third-order valence-electron chi connectivity index (χ3n) is 9.01. The lowest BCUT2D eigenvalue weighted by molar-refractivity contribution is -0.232. The molecule has 23 heavy (non-hydrogen) atoms. The van der Waals surface area contributed by atoms with E-state index in [9.17, 15) is 9.90 Å². The molecule has 3 N–H and O–H groups in total. The number of hydrogen-bond acceptors (Lipinski definition) is 4. The summed E-state index contributed by atoms with van der Waals surface area (Å²) < 4.78 is 2.86. The second-order valence-electron chi connectivity index (χ2n) is 8.36. The Labute approximate surface area is 138 Å². The van der Waals surface area contributed by atoms with Crippen LogP contribution in [0.5, 0.6) is 0 Å². The summed E-state index contributed by atoms with van der Waals surface area (Å²) in [5.74, 6) is 4.25. The van der Waals surface area contributed by atoms with E-state index in [1.54, 1.807) is 6.20 Å². The molecule has 9 atom stereocenters. The Balaban J connectivity index is 1.41. The van der Waals surface area contributed by atoms with Gasteiger partial charge < -0.3 is 10.8 Å². The molecule has 114 valence electrons. The summed E-state index contributed by atoms with van der Waals surface area (Å²) in [5.41, 5.74) is 6.87. The van der Waals surface area contributed by atoms with Gasteiger partial charge in [0.1, 0.15) is 15.9 Å². The minimum Gasteiger partial charge on any atom is -0.481 e. The Morgan fingerprint density at radius 1 is 1.30 bits per heavy atom. The van der Waals surface area contributed by atoms with Crippen LogP contribution in [-0.2, 0) is 10.2 Å². The van der Waals surface area contributed by atoms with Gasteiger partial charge in [-0.1, -0.05) is 0 Å². The van der Waals surface area contributed by atoms with Crippen LogP contribution in [0.1, 0.15) is 5.82 Å². The van der Waals surface area contributed by atoms with Crippen molar-refractivity contribution in [1.82, 2.24) is 14.4 Å². The van der Waals surface area contributed by atoms with Crippen LogP contribution < -0.4 is 5.73 Å². The standard InChI is InChI=1S/C16H11BrN4O2/c17-10-7-11(18)19-1-2-21(7)12(20-10)14-3-4-5(14)9-15(4)8(14)6(3)16(9,15)13(22)23/h1-6,8-9H,(H2,18,19)(H,22,23). The van der Waals surface area contributed by atoms with Crippen LogP contribution in [0, 0.1) is 46.3 Å². The van der Waals surface area contributed by atoms with Gasteiger partial charge in [0.2, 0.25) is 0 Å². The van der Waals surface area contributed by atoms with E-state index in [-0.39, 0.29) is 16.2 Å². The molecule has 5 aliphatic carbocycles. The summed E-state index contributed by atoms with van der Waals surface area (Å²) >= 11 is 3.54. The Hall–Kier alpha value is -1.63. The molecule has 5 aliphatic rings. The van der Waals surface area contributed by atoms with E-state index in [0.29, 0.717) is 41.3 Å². The van der Waals surface area contributed by atoms with Crippen LogP contribution in [0.4, 0.5) is 5.82 Å². The molecule has 0 saturated heterocycles. The van der Waals surface area contributed by atoms with E-state index in [1.165, 1.54) is 0 Å². The van der Waals surface area contributed by atoms with Crippen molar-refractivity contribution in [3.8, 4) is 0 Å². The summed E-state index contributed by atoms with van der Waals surface area (Å²) in [6, 6.07) is 0. The smallest absolute Gasteiger partial charge is 0.310 e. The molecule has 2 heterocycles. The Morgan fingerprint density at radius 3 is 2.74 bits per heavy atom. The van der Waals surface area contributed by atoms with Crippen molar-refractivity contribution >= 4 is 33.2 Å². The van der Waals surface area contributed by atoms with Crippen LogP contribution in [-0.4, -0.2) is 25.4 Å². The van der Waals surface area contributed by atoms with Crippen molar-refractivity contribution in [2.45, 2.75) is 5.41 Å². The van der Waals surface area contributed by atoms with Gasteiger partial charge >= 0.3 is 5.97 Å². The van der Waals surface area contributed by atoms with Crippen molar-refractivity contribution in [1.29, 1.82) is 0 Å². The van der Waals surface area contributed by atoms with Crippen molar-refractivity contribution in [3.63, 3.8) is 0 Å². The molecular weight excluding hydrogens is 360 g/mol. The number of nitrogens with two attached hydrogens (primary N) is 1. The first-order chi connectivity index (χ1) is 11.1. The van der Waals surface area contributed by atoms with E-state index in [1.807, 2.05) is 6.20 Å². The van der Waals surface area contributed by atoms with Gasteiger partial charge in [-0.25, -0.2) is 9.97 Å². The van der Waals surface area contributed by atoms with Crippen molar-refractivity contribution in [2.24, 2.45) is 46.3 Å². The highest BCUT2D eigenvalue weighted by atomic mass is 79.9. The predicted octanol–water partition coefficient (Wildman–Crippen LogP) is 1.15. The lowest BCUT2D eigenvalue weighted by Crippen LogP contribution is -2.75. The summed E-state index contributed by atoms with van der Waals surface area (Å²) in [4.78, 5) is 20.9. The molecule has 9 unspecified atom stereocenters. The van der Waals surface area contributed by atoms with Gasteiger partial charge in [0, 0.05) is 17.8 Å². The first kappa shape index (κ1) is 11.0. The summed E-state index contributed by atoms with van der Waals surface area (Å²) in [6.45, 7) is 0. The number of nitrogen functional groups attached to an aromatic ring is 1. The lowest BCUT2D eigenvalue weighted by atomic mass is 9.30. The van der Waals surface area contributed by atoms with Crippen LogP contribution in [0.3, 0.4) is 0 Å². The maximum absolute atomic E-state index is 11.9. The molecule has 0 bridgehead atoms. The van der Waals surface area contributed by atoms with E-state index >= 15 is 0 Å². The summed E-state index contributed by atoms with van der Waals surface area (Å²) in [5, 5.41) is 9.77. The maximum Gasteiger partial charge on any atom is 0.310 e. The molecule has 5 fully saturated rings. The number of halogens is 1. The van der Waals surface area contributed by atoms with Gasteiger partial charge in [-0.05, 0) is 56.9 Å². The normalized spacial score (nSPS) is 59.7. The topological polar surface area (TPSA) is 93.5 Å². The number of aromatic nitrogens is 3. The number of imidazole rings is 1. The number of carboxylic acid groups (broad SMARTS) is 1. The third-order valence-corrected chi connectivity index (χ3v) is 9.56. The largest absolute Gasteiger partial charge is 0.481 e. The first-order valence-electron chi connectivity index (χ1n) is 8.10. The van der Waals surface area contributed by atoms with E-state index in [4.69, 9.17) is 10.7 Å². The molecule has 0 aliphatic heterocycles. The average Bonchev–Trinajstić information content (AvgIpc) is 2.95. The number of aliphatic carboxylic acids is 1. The fourth-order valence-electron chi connectivity index (χ4n) is 9.36. The number of carboxylic acids is 1. The molecule has 1 spiro atoms. The van der Waals surface area contributed by atoms with Crippen molar-refractivity contribution in [3.05, 3.63) is 22.8 Å². The van der Waals surface area contributed by atoms with Crippen molar-refractivity contribution in [2.75, 3.05) is 5.73 Å². The molecule has 2 aromatic heterocycles. The summed E-state index contributed by atoms with van der Waals surface area (Å²) in [7, 11) is 0. The number of carbonyl (C=O) groups is 1. The Kier molecular flexibility index (Phi) is 1.15.